The lowest BCUT2D eigenvalue weighted by molar-refractivity contribution is 0.271. The average molecular weight is 228 g/mol. The van der Waals surface area contributed by atoms with Gasteiger partial charge in [-0.2, -0.15) is 5.10 Å². The Labute approximate surface area is 96.5 Å². The van der Waals surface area contributed by atoms with E-state index in [1.807, 2.05) is 6.07 Å². The van der Waals surface area contributed by atoms with E-state index in [1.165, 1.54) is 6.42 Å². The van der Waals surface area contributed by atoms with Gasteiger partial charge in [-0.1, -0.05) is 31.9 Å². The standard InChI is InChI=1S/C11H18ClN3/c1-4-9(2)7-15(3)8-10-5-6-11(12)14-13-10/h5-6,9H,4,7-8H2,1-3H3. The molecule has 1 atom stereocenters. The molecule has 1 aromatic rings. The maximum absolute atomic E-state index is 5.67. The van der Waals surface area contributed by atoms with Crippen LogP contribution in [0, 0.1) is 5.92 Å². The number of hydrogen-bond donors (Lipinski definition) is 0. The molecule has 0 aromatic carbocycles. The van der Waals surface area contributed by atoms with E-state index in [0.717, 1.165) is 24.7 Å². The van der Waals surface area contributed by atoms with Crippen LogP contribution in [0.15, 0.2) is 12.1 Å². The summed E-state index contributed by atoms with van der Waals surface area (Å²) in [5.74, 6) is 0.718. The predicted octanol–water partition coefficient (Wildman–Crippen LogP) is 2.61. The van der Waals surface area contributed by atoms with E-state index in [0.29, 0.717) is 5.15 Å². The Balaban J connectivity index is 2.44. The second-order valence-electron chi connectivity index (χ2n) is 4.06. The Bertz CT molecular complexity index is 286. The zero-order valence-electron chi connectivity index (χ0n) is 9.57. The molecular formula is C11H18ClN3. The molecule has 0 radical (unpaired) electrons. The molecule has 15 heavy (non-hydrogen) atoms. The molecule has 1 heterocycles. The minimum atomic E-state index is 0.448. The van der Waals surface area contributed by atoms with Gasteiger partial charge in [-0.05, 0) is 25.1 Å². The highest BCUT2D eigenvalue weighted by atomic mass is 35.5. The van der Waals surface area contributed by atoms with E-state index in [1.54, 1.807) is 6.07 Å². The maximum atomic E-state index is 5.67. The normalized spacial score (nSPS) is 13.1. The van der Waals surface area contributed by atoms with E-state index in [9.17, 15) is 0 Å². The van der Waals surface area contributed by atoms with Crippen molar-refractivity contribution in [3.63, 3.8) is 0 Å². The van der Waals surface area contributed by atoms with Crippen molar-refractivity contribution in [1.82, 2.24) is 15.1 Å². The van der Waals surface area contributed by atoms with E-state index in [2.05, 4.69) is 36.0 Å². The molecule has 3 nitrogen and oxygen atoms in total. The molecule has 0 spiro atoms. The van der Waals surface area contributed by atoms with E-state index < -0.39 is 0 Å². The first-order valence-electron chi connectivity index (χ1n) is 5.28. The van der Waals surface area contributed by atoms with E-state index in [4.69, 9.17) is 11.6 Å². The van der Waals surface area contributed by atoms with Gasteiger partial charge in [0.25, 0.3) is 0 Å². The van der Waals surface area contributed by atoms with Gasteiger partial charge in [-0.25, -0.2) is 0 Å². The summed E-state index contributed by atoms with van der Waals surface area (Å²) < 4.78 is 0. The van der Waals surface area contributed by atoms with Crippen molar-refractivity contribution in [3.05, 3.63) is 23.0 Å². The summed E-state index contributed by atoms with van der Waals surface area (Å²) in [5.41, 5.74) is 0.963. The highest BCUT2D eigenvalue weighted by molar-refractivity contribution is 6.29. The van der Waals surface area contributed by atoms with Crippen LogP contribution in [0.25, 0.3) is 0 Å². The van der Waals surface area contributed by atoms with Crippen LogP contribution >= 0.6 is 11.6 Å². The van der Waals surface area contributed by atoms with Crippen molar-refractivity contribution < 1.29 is 0 Å². The fraction of sp³-hybridized carbons (Fsp3) is 0.636. The second kappa shape index (κ2) is 6.03. The summed E-state index contributed by atoms with van der Waals surface area (Å²) in [7, 11) is 2.10. The largest absolute Gasteiger partial charge is 0.300 e. The first-order valence-corrected chi connectivity index (χ1v) is 5.66. The summed E-state index contributed by atoms with van der Waals surface area (Å²) in [4.78, 5) is 2.26. The molecule has 84 valence electrons. The minimum absolute atomic E-state index is 0.448. The molecule has 0 aliphatic heterocycles. The van der Waals surface area contributed by atoms with Crippen LogP contribution in [-0.4, -0.2) is 28.7 Å². The molecule has 0 saturated carbocycles. The van der Waals surface area contributed by atoms with Crippen LogP contribution in [0.1, 0.15) is 26.0 Å². The lowest BCUT2D eigenvalue weighted by Gasteiger charge is -2.19. The number of hydrogen-bond acceptors (Lipinski definition) is 3. The third-order valence-corrected chi connectivity index (χ3v) is 2.64. The third kappa shape index (κ3) is 4.58. The summed E-state index contributed by atoms with van der Waals surface area (Å²) in [6.45, 7) is 6.37. The van der Waals surface area contributed by atoms with Crippen LogP contribution in [0.2, 0.25) is 5.15 Å². The summed E-state index contributed by atoms with van der Waals surface area (Å²) in [6, 6.07) is 3.70. The van der Waals surface area contributed by atoms with Crippen LogP contribution < -0.4 is 0 Å². The van der Waals surface area contributed by atoms with Gasteiger partial charge in [0.05, 0.1) is 5.69 Å². The first-order chi connectivity index (χ1) is 7.11. The summed E-state index contributed by atoms with van der Waals surface area (Å²) in [5, 5.41) is 8.30. The lowest BCUT2D eigenvalue weighted by atomic mass is 10.1. The van der Waals surface area contributed by atoms with Crippen molar-refractivity contribution in [2.24, 2.45) is 5.92 Å². The number of halogens is 1. The first kappa shape index (κ1) is 12.4. The molecular weight excluding hydrogens is 210 g/mol. The quantitative estimate of drug-likeness (QED) is 0.775. The summed E-state index contributed by atoms with van der Waals surface area (Å²) in [6.07, 6.45) is 1.20. The van der Waals surface area contributed by atoms with Gasteiger partial charge in [0.2, 0.25) is 0 Å². The maximum Gasteiger partial charge on any atom is 0.151 e. The molecule has 1 rings (SSSR count). The van der Waals surface area contributed by atoms with Gasteiger partial charge in [0, 0.05) is 13.1 Å². The molecule has 0 N–H and O–H groups in total. The van der Waals surface area contributed by atoms with E-state index >= 15 is 0 Å². The summed E-state index contributed by atoms with van der Waals surface area (Å²) >= 11 is 5.67. The average Bonchev–Trinajstić information content (AvgIpc) is 2.21. The minimum Gasteiger partial charge on any atom is -0.300 e. The van der Waals surface area contributed by atoms with Gasteiger partial charge in [0.15, 0.2) is 5.15 Å². The fourth-order valence-corrected chi connectivity index (χ4v) is 1.53. The molecule has 0 saturated heterocycles. The van der Waals surface area contributed by atoms with E-state index in [-0.39, 0.29) is 0 Å². The molecule has 0 fully saturated rings. The zero-order valence-corrected chi connectivity index (χ0v) is 10.3. The molecule has 1 aromatic heterocycles. The third-order valence-electron chi connectivity index (χ3n) is 2.44. The van der Waals surface area contributed by atoms with Gasteiger partial charge < -0.3 is 4.90 Å². The predicted molar refractivity (Wildman–Crippen MR) is 62.8 cm³/mol. The Kier molecular flexibility index (Phi) is 4.99. The van der Waals surface area contributed by atoms with Crippen LogP contribution in [0.4, 0.5) is 0 Å². The van der Waals surface area contributed by atoms with Crippen molar-refractivity contribution >= 4 is 11.6 Å². The van der Waals surface area contributed by atoms with Crippen molar-refractivity contribution in [3.8, 4) is 0 Å². The van der Waals surface area contributed by atoms with Gasteiger partial charge >= 0.3 is 0 Å². The van der Waals surface area contributed by atoms with Crippen LogP contribution in [0.5, 0.6) is 0 Å². The molecule has 0 bridgehead atoms. The number of aromatic nitrogens is 2. The number of nitrogens with zero attached hydrogens (tertiary/aromatic N) is 3. The highest BCUT2D eigenvalue weighted by Gasteiger charge is 2.06. The molecule has 0 amide bonds. The van der Waals surface area contributed by atoms with Gasteiger partial charge in [0.1, 0.15) is 0 Å². The molecule has 4 heteroatoms. The van der Waals surface area contributed by atoms with Crippen LogP contribution in [-0.2, 0) is 6.54 Å². The Morgan fingerprint density at radius 1 is 1.40 bits per heavy atom. The van der Waals surface area contributed by atoms with Gasteiger partial charge in [-0.15, -0.1) is 5.10 Å². The SMILES string of the molecule is CCC(C)CN(C)Cc1ccc(Cl)nn1. The number of rotatable bonds is 5. The smallest absolute Gasteiger partial charge is 0.151 e. The zero-order chi connectivity index (χ0) is 11.3. The molecule has 0 aliphatic carbocycles. The van der Waals surface area contributed by atoms with Gasteiger partial charge in [-0.3, -0.25) is 0 Å². The van der Waals surface area contributed by atoms with Crippen molar-refractivity contribution in [2.75, 3.05) is 13.6 Å². The Hall–Kier alpha value is -0.670. The molecule has 1 unspecified atom stereocenters. The second-order valence-corrected chi connectivity index (χ2v) is 4.44. The Morgan fingerprint density at radius 3 is 2.67 bits per heavy atom. The Morgan fingerprint density at radius 2 is 2.13 bits per heavy atom. The van der Waals surface area contributed by atoms with Crippen molar-refractivity contribution in [2.45, 2.75) is 26.8 Å². The monoisotopic (exact) mass is 227 g/mol. The molecule has 0 aliphatic rings. The lowest BCUT2D eigenvalue weighted by Crippen LogP contribution is -2.24. The fourth-order valence-electron chi connectivity index (χ4n) is 1.43. The highest BCUT2D eigenvalue weighted by Crippen LogP contribution is 2.07. The van der Waals surface area contributed by atoms with Crippen LogP contribution in [0.3, 0.4) is 0 Å². The topological polar surface area (TPSA) is 29.0 Å². The van der Waals surface area contributed by atoms with Crippen molar-refractivity contribution in [1.29, 1.82) is 0 Å².